The highest BCUT2D eigenvalue weighted by molar-refractivity contribution is 6.31. The molecule has 0 unspecified atom stereocenters. The molecule has 0 aliphatic carbocycles. The molecule has 1 aromatic rings. The normalized spacial score (nSPS) is 15.9. The highest BCUT2D eigenvalue weighted by Crippen LogP contribution is 2.23. The first-order valence-electron chi connectivity index (χ1n) is 4.25. The summed E-state index contributed by atoms with van der Waals surface area (Å²) in [4.78, 5) is 12.9. The van der Waals surface area contributed by atoms with Crippen molar-refractivity contribution in [2.45, 2.75) is 6.92 Å². The minimum Gasteiger partial charge on any atom is -0.278 e. The number of hydrazine groups is 1. The van der Waals surface area contributed by atoms with Gasteiger partial charge in [-0.1, -0.05) is 17.7 Å². The molecule has 1 fully saturated rings. The number of halogens is 1. The summed E-state index contributed by atoms with van der Waals surface area (Å²) in [7, 11) is 0. The third-order valence-electron chi connectivity index (χ3n) is 2.14. The first kappa shape index (κ1) is 9.30. The van der Waals surface area contributed by atoms with E-state index in [2.05, 4.69) is 10.9 Å². The monoisotopic (exact) mass is 211 g/mol. The maximum atomic E-state index is 11.3. The van der Waals surface area contributed by atoms with Gasteiger partial charge in [-0.15, -0.1) is 0 Å². The van der Waals surface area contributed by atoms with Crippen LogP contribution in [0.3, 0.4) is 0 Å². The molecule has 2 N–H and O–H groups in total. The molecule has 2 rings (SSSR count). The largest absolute Gasteiger partial charge is 0.337 e. The average Bonchev–Trinajstić information content (AvgIpc) is 2.57. The fourth-order valence-electron chi connectivity index (χ4n) is 1.29. The fourth-order valence-corrected chi connectivity index (χ4v) is 1.47. The Kier molecular flexibility index (Phi) is 2.31. The number of hydrogen-bond donors (Lipinski definition) is 2. The number of anilines is 1. The lowest BCUT2D eigenvalue weighted by atomic mass is 10.2. The van der Waals surface area contributed by atoms with Gasteiger partial charge in [0.2, 0.25) is 0 Å². The van der Waals surface area contributed by atoms with E-state index in [-0.39, 0.29) is 6.03 Å². The summed E-state index contributed by atoms with van der Waals surface area (Å²) in [6.07, 6.45) is 0. The third kappa shape index (κ3) is 1.54. The summed E-state index contributed by atoms with van der Waals surface area (Å²) in [6, 6.07) is 5.38. The van der Waals surface area contributed by atoms with Crippen molar-refractivity contribution in [2.75, 3.05) is 11.6 Å². The van der Waals surface area contributed by atoms with Crippen molar-refractivity contribution >= 4 is 23.3 Å². The molecule has 4 nitrogen and oxygen atoms in total. The van der Waals surface area contributed by atoms with Gasteiger partial charge in [-0.05, 0) is 24.6 Å². The molecule has 1 aliphatic heterocycles. The van der Waals surface area contributed by atoms with Crippen molar-refractivity contribution < 1.29 is 4.79 Å². The second-order valence-electron chi connectivity index (χ2n) is 3.13. The first-order chi connectivity index (χ1) is 6.68. The Labute approximate surface area is 86.8 Å². The number of hydrogen-bond acceptors (Lipinski definition) is 2. The van der Waals surface area contributed by atoms with Gasteiger partial charge in [-0.25, -0.2) is 10.2 Å². The Morgan fingerprint density at radius 1 is 1.50 bits per heavy atom. The summed E-state index contributed by atoms with van der Waals surface area (Å²) < 4.78 is 0. The van der Waals surface area contributed by atoms with Crippen molar-refractivity contribution in [3.63, 3.8) is 0 Å². The molecule has 0 radical (unpaired) electrons. The Morgan fingerprint density at radius 2 is 2.29 bits per heavy atom. The Hall–Kier alpha value is -1.26. The Bertz CT molecular complexity index is 380. The van der Waals surface area contributed by atoms with Crippen molar-refractivity contribution in [3.8, 4) is 0 Å². The van der Waals surface area contributed by atoms with Crippen LogP contribution < -0.4 is 15.8 Å². The molecule has 1 saturated heterocycles. The van der Waals surface area contributed by atoms with Crippen LogP contribution in [0.15, 0.2) is 18.2 Å². The second-order valence-corrected chi connectivity index (χ2v) is 3.53. The standard InChI is InChI=1S/C9H10ClN3O/c1-6-2-3-7(4-8(6)10)13-5-11-12-9(13)14/h2-4,11H,5H2,1H3,(H,12,14). The van der Waals surface area contributed by atoms with E-state index in [0.29, 0.717) is 11.7 Å². The van der Waals surface area contributed by atoms with Crippen molar-refractivity contribution in [1.29, 1.82) is 0 Å². The van der Waals surface area contributed by atoms with Crippen LogP contribution in [0.2, 0.25) is 5.02 Å². The number of carbonyl (C=O) groups excluding carboxylic acids is 1. The average molecular weight is 212 g/mol. The third-order valence-corrected chi connectivity index (χ3v) is 2.55. The number of amides is 2. The maximum Gasteiger partial charge on any atom is 0.337 e. The maximum absolute atomic E-state index is 11.3. The Balaban J connectivity index is 2.32. The van der Waals surface area contributed by atoms with Gasteiger partial charge in [-0.3, -0.25) is 10.3 Å². The molecule has 0 atom stereocenters. The van der Waals surface area contributed by atoms with Crippen molar-refractivity contribution in [2.24, 2.45) is 0 Å². The van der Waals surface area contributed by atoms with Crippen LogP contribution >= 0.6 is 11.6 Å². The molecule has 0 saturated carbocycles. The number of benzene rings is 1. The van der Waals surface area contributed by atoms with E-state index >= 15 is 0 Å². The zero-order valence-electron chi connectivity index (χ0n) is 7.67. The molecule has 5 heteroatoms. The predicted molar refractivity (Wildman–Crippen MR) is 55.2 cm³/mol. The van der Waals surface area contributed by atoms with E-state index in [1.165, 1.54) is 0 Å². The molecule has 1 heterocycles. The summed E-state index contributed by atoms with van der Waals surface area (Å²) in [5, 5.41) is 0.669. The molecule has 74 valence electrons. The molecule has 0 bridgehead atoms. The summed E-state index contributed by atoms with van der Waals surface area (Å²) in [5.41, 5.74) is 7.03. The van der Waals surface area contributed by atoms with Gasteiger partial charge in [0.15, 0.2) is 0 Å². The number of nitrogens with zero attached hydrogens (tertiary/aromatic N) is 1. The van der Waals surface area contributed by atoms with E-state index in [0.717, 1.165) is 11.3 Å². The number of carbonyl (C=O) groups is 1. The van der Waals surface area contributed by atoms with Gasteiger partial charge < -0.3 is 0 Å². The zero-order chi connectivity index (χ0) is 10.1. The van der Waals surface area contributed by atoms with Crippen LogP contribution in [0, 0.1) is 6.92 Å². The lowest BCUT2D eigenvalue weighted by Gasteiger charge is -2.13. The number of nitrogens with one attached hydrogen (secondary N) is 2. The minimum absolute atomic E-state index is 0.162. The molecule has 0 spiro atoms. The van der Waals surface area contributed by atoms with E-state index in [1.807, 2.05) is 19.1 Å². The molecule has 14 heavy (non-hydrogen) atoms. The molecular formula is C9H10ClN3O. The summed E-state index contributed by atoms with van der Waals surface area (Å²) in [5.74, 6) is 0. The van der Waals surface area contributed by atoms with E-state index in [4.69, 9.17) is 11.6 Å². The van der Waals surface area contributed by atoms with Crippen LogP contribution in [0.4, 0.5) is 10.5 Å². The van der Waals surface area contributed by atoms with E-state index < -0.39 is 0 Å². The van der Waals surface area contributed by atoms with Gasteiger partial charge in [0.05, 0.1) is 6.67 Å². The topological polar surface area (TPSA) is 44.4 Å². The summed E-state index contributed by atoms with van der Waals surface area (Å²) >= 11 is 5.96. The molecule has 2 amide bonds. The van der Waals surface area contributed by atoms with E-state index in [1.54, 1.807) is 11.0 Å². The molecule has 1 aliphatic rings. The molecule has 1 aromatic carbocycles. The van der Waals surface area contributed by atoms with Gasteiger partial charge in [0, 0.05) is 10.7 Å². The molecule has 0 aromatic heterocycles. The van der Waals surface area contributed by atoms with Gasteiger partial charge in [0.25, 0.3) is 0 Å². The number of rotatable bonds is 1. The van der Waals surface area contributed by atoms with E-state index in [9.17, 15) is 4.79 Å². The molecular weight excluding hydrogens is 202 g/mol. The predicted octanol–water partition coefficient (Wildman–Crippen LogP) is 1.64. The zero-order valence-corrected chi connectivity index (χ0v) is 8.43. The van der Waals surface area contributed by atoms with Gasteiger partial charge >= 0.3 is 6.03 Å². The van der Waals surface area contributed by atoms with Crippen LogP contribution in [-0.2, 0) is 0 Å². The highest BCUT2D eigenvalue weighted by atomic mass is 35.5. The second kappa shape index (κ2) is 3.48. The quantitative estimate of drug-likeness (QED) is 0.742. The summed E-state index contributed by atoms with van der Waals surface area (Å²) in [6.45, 7) is 2.38. The first-order valence-corrected chi connectivity index (χ1v) is 4.63. The van der Waals surface area contributed by atoms with Gasteiger partial charge in [-0.2, -0.15) is 0 Å². The van der Waals surface area contributed by atoms with Crippen LogP contribution in [-0.4, -0.2) is 12.7 Å². The SMILES string of the molecule is Cc1ccc(N2CNNC2=O)cc1Cl. The number of aryl methyl sites for hydroxylation is 1. The van der Waals surface area contributed by atoms with Crippen molar-refractivity contribution in [3.05, 3.63) is 28.8 Å². The smallest absolute Gasteiger partial charge is 0.278 e. The van der Waals surface area contributed by atoms with Crippen LogP contribution in [0.5, 0.6) is 0 Å². The Morgan fingerprint density at radius 3 is 2.86 bits per heavy atom. The highest BCUT2D eigenvalue weighted by Gasteiger charge is 2.20. The lowest BCUT2D eigenvalue weighted by molar-refractivity contribution is 0.250. The van der Waals surface area contributed by atoms with Crippen LogP contribution in [0.25, 0.3) is 0 Å². The lowest BCUT2D eigenvalue weighted by Crippen LogP contribution is -2.28. The number of urea groups is 1. The minimum atomic E-state index is -0.162. The van der Waals surface area contributed by atoms with Gasteiger partial charge in [0.1, 0.15) is 0 Å². The van der Waals surface area contributed by atoms with Crippen molar-refractivity contribution in [1.82, 2.24) is 10.9 Å². The fraction of sp³-hybridized carbons (Fsp3) is 0.222. The van der Waals surface area contributed by atoms with Crippen LogP contribution in [0.1, 0.15) is 5.56 Å².